The average molecular weight is 616 g/mol. The van der Waals surface area contributed by atoms with Gasteiger partial charge in [-0.05, 0) is 67.1 Å². The van der Waals surface area contributed by atoms with Crippen LogP contribution in [0.1, 0.15) is 31.8 Å². The number of halogens is 3. The summed E-state index contributed by atoms with van der Waals surface area (Å²) in [5, 5.41) is 13.8. The number of rotatable bonds is 11. The molecule has 0 bridgehead atoms. The van der Waals surface area contributed by atoms with Crippen LogP contribution in [0, 0.1) is 6.92 Å². The first-order valence-electron chi connectivity index (χ1n) is 13.4. The Labute approximate surface area is 256 Å². The van der Waals surface area contributed by atoms with Gasteiger partial charge in [0.1, 0.15) is 0 Å². The minimum atomic E-state index is -4.59. The molecule has 3 aromatic carbocycles. The van der Waals surface area contributed by atoms with Crippen molar-refractivity contribution < 1.29 is 27.6 Å². The normalized spacial score (nSPS) is 10.8. The van der Waals surface area contributed by atoms with Crippen molar-refractivity contribution in [3.05, 3.63) is 126 Å². The van der Waals surface area contributed by atoms with Crippen LogP contribution in [-0.2, 0) is 11.0 Å². The van der Waals surface area contributed by atoms with Crippen LogP contribution in [0.3, 0.4) is 0 Å². The monoisotopic (exact) mass is 615 g/mol. The Morgan fingerprint density at radius 3 is 2.20 bits per heavy atom. The number of benzene rings is 3. The summed E-state index contributed by atoms with van der Waals surface area (Å²) in [5.74, 6) is -1.31. The molecule has 0 radical (unpaired) electrons. The third kappa shape index (κ3) is 9.00. The first kappa shape index (κ1) is 31.9. The third-order valence-electron chi connectivity index (χ3n) is 6.23. The molecule has 10 nitrogen and oxygen atoms in total. The summed E-state index contributed by atoms with van der Waals surface area (Å²) in [5.41, 5.74) is 1.89. The molecule has 0 aliphatic rings. The lowest BCUT2D eigenvalue weighted by Gasteiger charge is -2.12. The SMILES string of the molecule is C=CC(=C)NCC(=O)Nc1cccc(Nc2ncc(NC(=O)c3cc(NC(=O)c4cccc(C(F)(F)F)c4)ccc3C)cn2)c1. The van der Waals surface area contributed by atoms with E-state index in [9.17, 15) is 27.6 Å². The van der Waals surface area contributed by atoms with Gasteiger partial charge in [-0.1, -0.05) is 31.4 Å². The van der Waals surface area contributed by atoms with E-state index in [0.717, 1.165) is 18.2 Å². The van der Waals surface area contributed by atoms with Crippen molar-refractivity contribution in [1.82, 2.24) is 15.3 Å². The number of aromatic nitrogens is 2. The van der Waals surface area contributed by atoms with E-state index in [1.807, 2.05) is 0 Å². The summed E-state index contributed by atoms with van der Waals surface area (Å²) in [4.78, 5) is 46.2. The topological polar surface area (TPSA) is 137 Å². The summed E-state index contributed by atoms with van der Waals surface area (Å²) < 4.78 is 39.1. The molecule has 1 heterocycles. The number of hydrogen-bond acceptors (Lipinski definition) is 7. The third-order valence-corrected chi connectivity index (χ3v) is 6.23. The largest absolute Gasteiger partial charge is 0.416 e. The number of aryl methyl sites for hydroxylation is 1. The summed E-state index contributed by atoms with van der Waals surface area (Å²) in [7, 11) is 0. The van der Waals surface area contributed by atoms with Crippen LogP contribution in [0.2, 0.25) is 0 Å². The number of allylic oxidation sites excluding steroid dienone is 1. The average Bonchev–Trinajstić information content (AvgIpc) is 3.01. The molecule has 4 aromatic rings. The van der Waals surface area contributed by atoms with Crippen molar-refractivity contribution in [3.8, 4) is 0 Å². The molecule has 3 amide bonds. The lowest BCUT2D eigenvalue weighted by atomic mass is 10.1. The second-order valence-corrected chi connectivity index (χ2v) is 9.65. The molecule has 0 fully saturated rings. The highest BCUT2D eigenvalue weighted by Crippen LogP contribution is 2.30. The molecular formula is C32H28F3N7O3. The van der Waals surface area contributed by atoms with Crippen molar-refractivity contribution in [2.24, 2.45) is 0 Å². The fourth-order valence-electron chi connectivity index (χ4n) is 3.91. The van der Waals surface area contributed by atoms with Crippen molar-refractivity contribution in [2.75, 3.05) is 27.8 Å². The van der Waals surface area contributed by atoms with Gasteiger partial charge in [-0.25, -0.2) is 9.97 Å². The molecule has 45 heavy (non-hydrogen) atoms. The van der Waals surface area contributed by atoms with Crippen LogP contribution in [0.25, 0.3) is 0 Å². The van der Waals surface area contributed by atoms with Crippen molar-refractivity contribution in [2.45, 2.75) is 13.1 Å². The predicted octanol–water partition coefficient (Wildman–Crippen LogP) is 6.28. The van der Waals surface area contributed by atoms with E-state index in [1.165, 1.54) is 30.6 Å². The Bertz CT molecular complexity index is 1760. The smallest absolute Gasteiger partial charge is 0.377 e. The molecule has 230 valence electrons. The molecule has 0 saturated heterocycles. The van der Waals surface area contributed by atoms with Gasteiger partial charge < -0.3 is 26.6 Å². The van der Waals surface area contributed by atoms with Gasteiger partial charge in [0.05, 0.1) is 30.2 Å². The van der Waals surface area contributed by atoms with Gasteiger partial charge in [0, 0.05) is 33.9 Å². The number of hydrogen-bond donors (Lipinski definition) is 5. The van der Waals surface area contributed by atoms with Crippen molar-refractivity contribution >= 4 is 46.4 Å². The van der Waals surface area contributed by atoms with Crippen LogP contribution in [0.5, 0.6) is 0 Å². The molecule has 0 saturated carbocycles. The fourth-order valence-corrected chi connectivity index (χ4v) is 3.91. The minimum absolute atomic E-state index is 0.0249. The maximum atomic E-state index is 13.0. The van der Waals surface area contributed by atoms with Crippen molar-refractivity contribution in [3.63, 3.8) is 0 Å². The molecule has 0 aliphatic carbocycles. The lowest BCUT2D eigenvalue weighted by Crippen LogP contribution is -2.26. The Morgan fingerprint density at radius 2 is 1.49 bits per heavy atom. The zero-order valence-electron chi connectivity index (χ0n) is 24.0. The van der Waals surface area contributed by atoms with E-state index in [0.29, 0.717) is 22.6 Å². The molecule has 0 unspecified atom stereocenters. The zero-order valence-corrected chi connectivity index (χ0v) is 24.0. The van der Waals surface area contributed by atoms with Crippen LogP contribution >= 0.6 is 0 Å². The number of nitrogens with one attached hydrogen (secondary N) is 5. The van der Waals surface area contributed by atoms with E-state index in [-0.39, 0.29) is 40.9 Å². The fraction of sp³-hybridized carbons (Fsp3) is 0.0938. The zero-order chi connectivity index (χ0) is 32.6. The van der Waals surface area contributed by atoms with Crippen molar-refractivity contribution in [1.29, 1.82) is 0 Å². The van der Waals surface area contributed by atoms with Crippen LogP contribution in [0.15, 0.2) is 104 Å². The number of anilines is 5. The van der Waals surface area contributed by atoms with Crippen LogP contribution in [0.4, 0.5) is 41.9 Å². The highest BCUT2D eigenvalue weighted by molar-refractivity contribution is 6.08. The Morgan fingerprint density at radius 1 is 0.822 bits per heavy atom. The number of carbonyl (C=O) groups is 3. The molecule has 1 aromatic heterocycles. The van der Waals surface area contributed by atoms with E-state index in [1.54, 1.807) is 43.3 Å². The molecule has 5 N–H and O–H groups in total. The number of carbonyl (C=O) groups excluding carboxylic acids is 3. The summed E-state index contributed by atoms with van der Waals surface area (Å²) >= 11 is 0. The molecule has 0 spiro atoms. The van der Waals surface area contributed by atoms with E-state index < -0.39 is 23.6 Å². The highest BCUT2D eigenvalue weighted by atomic mass is 19.4. The minimum Gasteiger partial charge on any atom is -0.377 e. The standard InChI is InChI=1S/C32H28F3N7O3/c1-4-20(3)36-18-28(43)39-23-9-6-10-24(14-23)42-31-37-16-26(17-38-31)41-30(45)27-15-25(12-11-19(27)2)40-29(44)21-7-5-8-22(13-21)32(33,34)35/h4-17,36H,1,3,18H2,2H3,(H,39,43)(H,40,44)(H,41,45)(H,37,38,42). The Balaban J connectivity index is 1.37. The first-order chi connectivity index (χ1) is 21.4. The predicted molar refractivity (Wildman–Crippen MR) is 166 cm³/mol. The van der Waals surface area contributed by atoms with Gasteiger partial charge in [0.2, 0.25) is 11.9 Å². The van der Waals surface area contributed by atoms with E-state index >= 15 is 0 Å². The number of alkyl halides is 3. The molecule has 13 heteroatoms. The molecular weight excluding hydrogens is 587 g/mol. The van der Waals surface area contributed by atoms with Gasteiger partial charge in [-0.3, -0.25) is 14.4 Å². The number of nitrogens with zero attached hydrogens (tertiary/aromatic N) is 2. The van der Waals surface area contributed by atoms with Crippen LogP contribution < -0.4 is 26.6 Å². The maximum Gasteiger partial charge on any atom is 0.416 e. The Hall–Kier alpha value is -5.98. The quantitative estimate of drug-likeness (QED) is 0.125. The number of amides is 3. The molecule has 4 rings (SSSR count). The highest BCUT2D eigenvalue weighted by Gasteiger charge is 2.31. The lowest BCUT2D eigenvalue weighted by molar-refractivity contribution is -0.137. The van der Waals surface area contributed by atoms with E-state index in [4.69, 9.17) is 0 Å². The second-order valence-electron chi connectivity index (χ2n) is 9.65. The summed E-state index contributed by atoms with van der Waals surface area (Å²) in [6.07, 6.45) is -0.296. The molecule has 0 aliphatic heterocycles. The van der Waals surface area contributed by atoms with Crippen LogP contribution in [-0.4, -0.2) is 34.2 Å². The Kier molecular flexibility index (Phi) is 9.93. The summed E-state index contributed by atoms with van der Waals surface area (Å²) in [6.45, 7) is 8.98. The van der Waals surface area contributed by atoms with Gasteiger partial charge in [-0.15, -0.1) is 0 Å². The maximum absolute atomic E-state index is 13.0. The van der Waals surface area contributed by atoms with E-state index in [2.05, 4.69) is 49.7 Å². The van der Waals surface area contributed by atoms with Gasteiger partial charge in [0.25, 0.3) is 11.8 Å². The van der Waals surface area contributed by atoms with Gasteiger partial charge >= 0.3 is 6.18 Å². The molecule has 0 atom stereocenters. The summed E-state index contributed by atoms with van der Waals surface area (Å²) in [6, 6.07) is 15.5. The van der Waals surface area contributed by atoms with Gasteiger partial charge in [-0.2, -0.15) is 13.2 Å². The first-order valence-corrected chi connectivity index (χ1v) is 13.4. The van der Waals surface area contributed by atoms with Gasteiger partial charge in [0.15, 0.2) is 0 Å². The second kappa shape index (κ2) is 14.0.